The smallest absolute Gasteiger partial charge is 0.0390 e. The lowest BCUT2D eigenvalue weighted by molar-refractivity contribution is 0.893. The van der Waals surface area contributed by atoms with Crippen molar-refractivity contribution in [3.05, 3.63) is 70.3 Å². The maximum absolute atomic E-state index is 6.09. The number of nitrogen functional groups attached to an aromatic ring is 1. The van der Waals surface area contributed by atoms with Gasteiger partial charge >= 0.3 is 0 Å². The summed E-state index contributed by atoms with van der Waals surface area (Å²) < 4.78 is 0. The second kappa shape index (κ2) is 3.01. The van der Waals surface area contributed by atoms with Gasteiger partial charge in [0, 0.05) is 17.2 Å². The molecule has 0 heterocycles. The predicted octanol–water partition coefficient (Wildman–Crippen LogP) is 3.36. The summed E-state index contributed by atoms with van der Waals surface area (Å²) >= 11 is 0. The van der Waals surface area contributed by atoms with Crippen LogP contribution in [0.5, 0.6) is 0 Å². The first kappa shape index (κ1) is 9.06. The topological polar surface area (TPSA) is 26.0 Å². The maximum Gasteiger partial charge on any atom is 0.0390 e. The summed E-state index contributed by atoms with van der Waals surface area (Å²) in [5.74, 6) is 0.423. The zero-order chi connectivity index (χ0) is 11.4. The summed E-state index contributed by atoms with van der Waals surface area (Å²) in [7, 11) is 0. The molecule has 1 heteroatoms. The van der Waals surface area contributed by atoms with Gasteiger partial charge in [-0.05, 0) is 34.8 Å². The van der Waals surface area contributed by atoms with Crippen LogP contribution in [0.3, 0.4) is 0 Å². The molecule has 1 nitrogen and oxygen atoms in total. The summed E-state index contributed by atoms with van der Waals surface area (Å²) in [5, 5.41) is 0. The molecule has 0 aliphatic heterocycles. The normalized spacial score (nSPS) is 22.9. The highest BCUT2D eigenvalue weighted by Gasteiger charge is 2.30. The number of benzene rings is 1. The number of rotatable bonds is 0. The van der Waals surface area contributed by atoms with Crippen LogP contribution in [0, 0.1) is 0 Å². The molecule has 1 aromatic carbocycles. The lowest BCUT2D eigenvalue weighted by Crippen LogP contribution is -2.18. The van der Waals surface area contributed by atoms with Gasteiger partial charge in [0.25, 0.3) is 0 Å². The first-order valence-corrected chi connectivity index (χ1v) is 6.02. The summed E-state index contributed by atoms with van der Waals surface area (Å²) in [4.78, 5) is 0. The molecule has 0 amide bonds. The Morgan fingerprint density at radius 1 is 1.06 bits per heavy atom. The van der Waals surface area contributed by atoms with Crippen LogP contribution in [0.2, 0.25) is 0 Å². The van der Waals surface area contributed by atoms with Crippen LogP contribution < -0.4 is 5.73 Å². The van der Waals surface area contributed by atoms with Gasteiger partial charge in [0.2, 0.25) is 0 Å². The molecule has 4 rings (SSSR count). The average Bonchev–Trinajstić information content (AvgIpc) is 2.38. The molecule has 0 fully saturated rings. The van der Waals surface area contributed by atoms with Gasteiger partial charge in [0.15, 0.2) is 0 Å². The van der Waals surface area contributed by atoms with E-state index in [0.29, 0.717) is 5.92 Å². The summed E-state index contributed by atoms with van der Waals surface area (Å²) in [6.07, 6.45) is 14.3. The zero-order valence-corrected chi connectivity index (χ0v) is 9.48. The maximum atomic E-state index is 6.09. The van der Waals surface area contributed by atoms with Crippen LogP contribution in [0.15, 0.2) is 53.7 Å². The summed E-state index contributed by atoms with van der Waals surface area (Å²) in [6, 6.07) is 4.21. The number of allylic oxidation sites excluding steroid dienone is 7. The second-order valence-electron chi connectivity index (χ2n) is 4.84. The van der Waals surface area contributed by atoms with Gasteiger partial charge in [-0.15, -0.1) is 0 Å². The van der Waals surface area contributed by atoms with Gasteiger partial charge in [0.05, 0.1) is 0 Å². The SMILES string of the molecule is Nc1ccc2c3c1C=CC1=CC=CC(=CC2)C13. The minimum absolute atomic E-state index is 0.423. The van der Waals surface area contributed by atoms with Gasteiger partial charge in [0.1, 0.15) is 0 Å². The Labute approximate surface area is 101 Å². The molecule has 0 saturated carbocycles. The van der Waals surface area contributed by atoms with Crippen molar-refractivity contribution in [2.24, 2.45) is 0 Å². The van der Waals surface area contributed by atoms with Crippen molar-refractivity contribution in [3.8, 4) is 0 Å². The monoisotopic (exact) mass is 219 g/mol. The molecule has 3 aliphatic rings. The first-order valence-electron chi connectivity index (χ1n) is 6.02. The molecule has 0 radical (unpaired) electrons. The van der Waals surface area contributed by atoms with Gasteiger partial charge < -0.3 is 5.73 Å². The Bertz CT molecular complexity index is 642. The van der Waals surface area contributed by atoms with Gasteiger partial charge in [-0.25, -0.2) is 0 Å². The minimum atomic E-state index is 0.423. The first-order chi connectivity index (χ1) is 8.34. The van der Waals surface area contributed by atoms with Crippen LogP contribution in [-0.4, -0.2) is 0 Å². The van der Waals surface area contributed by atoms with Crippen LogP contribution in [0.25, 0.3) is 6.08 Å². The van der Waals surface area contributed by atoms with Crippen LogP contribution in [0.1, 0.15) is 22.6 Å². The molecule has 82 valence electrons. The van der Waals surface area contributed by atoms with Crippen molar-refractivity contribution < 1.29 is 0 Å². The molecular formula is C16H13N. The van der Waals surface area contributed by atoms with E-state index >= 15 is 0 Å². The highest BCUT2D eigenvalue weighted by molar-refractivity contribution is 5.78. The molecule has 1 atom stereocenters. The molecule has 3 aliphatic carbocycles. The quantitative estimate of drug-likeness (QED) is 0.665. The van der Waals surface area contributed by atoms with E-state index in [9.17, 15) is 0 Å². The molecule has 0 aromatic heterocycles. The molecule has 0 spiro atoms. The van der Waals surface area contributed by atoms with E-state index in [1.54, 1.807) is 0 Å². The van der Waals surface area contributed by atoms with E-state index in [4.69, 9.17) is 5.73 Å². The van der Waals surface area contributed by atoms with Crippen molar-refractivity contribution in [2.75, 3.05) is 5.73 Å². The summed E-state index contributed by atoms with van der Waals surface area (Å²) in [5.41, 5.74) is 13.9. The summed E-state index contributed by atoms with van der Waals surface area (Å²) in [6.45, 7) is 0. The number of hydrogen-bond acceptors (Lipinski definition) is 1. The average molecular weight is 219 g/mol. The van der Waals surface area contributed by atoms with Crippen molar-refractivity contribution in [2.45, 2.75) is 12.3 Å². The fourth-order valence-corrected chi connectivity index (χ4v) is 3.14. The van der Waals surface area contributed by atoms with Crippen molar-refractivity contribution in [3.63, 3.8) is 0 Å². The zero-order valence-electron chi connectivity index (χ0n) is 9.48. The van der Waals surface area contributed by atoms with Gasteiger partial charge in [-0.3, -0.25) is 0 Å². The number of hydrogen-bond donors (Lipinski definition) is 1. The third-order valence-electron chi connectivity index (χ3n) is 3.94. The predicted molar refractivity (Wildman–Crippen MR) is 71.6 cm³/mol. The van der Waals surface area contributed by atoms with E-state index in [-0.39, 0.29) is 0 Å². The fraction of sp³-hybridized carbons (Fsp3) is 0.125. The molecule has 0 saturated heterocycles. The largest absolute Gasteiger partial charge is 0.398 e. The number of nitrogens with two attached hydrogens (primary N) is 1. The van der Waals surface area contributed by atoms with Crippen molar-refractivity contribution in [1.82, 2.24) is 0 Å². The van der Waals surface area contributed by atoms with E-state index < -0.39 is 0 Å². The third kappa shape index (κ3) is 1.09. The lowest BCUT2D eigenvalue weighted by atomic mass is 9.71. The Kier molecular flexibility index (Phi) is 1.60. The highest BCUT2D eigenvalue weighted by atomic mass is 14.6. The minimum Gasteiger partial charge on any atom is -0.398 e. The molecule has 2 N–H and O–H groups in total. The van der Waals surface area contributed by atoms with Crippen LogP contribution >= 0.6 is 0 Å². The van der Waals surface area contributed by atoms with Crippen molar-refractivity contribution >= 4 is 11.8 Å². The fourth-order valence-electron chi connectivity index (χ4n) is 3.14. The molecule has 1 aromatic rings. The second-order valence-corrected chi connectivity index (χ2v) is 4.84. The molecule has 17 heavy (non-hydrogen) atoms. The Hall–Kier alpha value is -2.02. The molecular weight excluding hydrogens is 206 g/mol. The standard InChI is InChI=1S/C16H13N/c17-14-9-7-12-5-4-10-2-1-3-11-6-8-13(14)16(12)15(10)11/h1-4,6-9,15H,5,17H2. The Morgan fingerprint density at radius 2 is 2.00 bits per heavy atom. The van der Waals surface area contributed by atoms with E-state index in [0.717, 1.165) is 12.1 Å². The van der Waals surface area contributed by atoms with Crippen LogP contribution in [0.4, 0.5) is 5.69 Å². The van der Waals surface area contributed by atoms with Gasteiger partial charge in [-0.1, -0.05) is 42.5 Å². The van der Waals surface area contributed by atoms with Gasteiger partial charge in [-0.2, -0.15) is 0 Å². The molecule has 0 bridgehead atoms. The van der Waals surface area contributed by atoms with E-state index in [1.165, 1.54) is 27.8 Å². The third-order valence-corrected chi connectivity index (χ3v) is 3.94. The Balaban J connectivity index is 2.09. The van der Waals surface area contributed by atoms with Crippen molar-refractivity contribution in [1.29, 1.82) is 0 Å². The Morgan fingerprint density at radius 3 is 2.94 bits per heavy atom. The highest BCUT2D eigenvalue weighted by Crippen LogP contribution is 2.46. The van der Waals surface area contributed by atoms with E-state index in [2.05, 4.69) is 42.5 Å². The lowest BCUT2D eigenvalue weighted by Gasteiger charge is -2.33. The van der Waals surface area contributed by atoms with Crippen LogP contribution in [-0.2, 0) is 6.42 Å². The van der Waals surface area contributed by atoms with E-state index in [1.807, 2.05) is 6.07 Å². The molecule has 1 unspecified atom stereocenters. The number of anilines is 1.